The lowest BCUT2D eigenvalue weighted by atomic mass is 10.2. The van der Waals surface area contributed by atoms with Gasteiger partial charge in [0.1, 0.15) is 16.9 Å². The summed E-state index contributed by atoms with van der Waals surface area (Å²) < 4.78 is 5.67. The average Bonchev–Trinajstić information content (AvgIpc) is 3.26. The van der Waals surface area contributed by atoms with E-state index in [4.69, 9.17) is 9.57 Å². The van der Waals surface area contributed by atoms with E-state index < -0.39 is 0 Å². The first-order valence-electron chi connectivity index (χ1n) is 7.11. The van der Waals surface area contributed by atoms with Crippen molar-refractivity contribution in [3.63, 3.8) is 0 Å². The molecule has 1 N–H and O–H groups in total. The molecule has 3 aromatic rings. The van der Waals surface area contributed by atoms with Crippen molar-refractivity contribution in [1.29, 1.82) is 0 Å². The molecule has 1 aliphatic heterocycles. The number of rotatable bonds is 4. The lowest BCUT2D eigenvalue weighted by Crippen LogP contribution is -2.11. The highest BCUT2D eigenvalue weighted by atomic mass is 32.1. The topological polar surface area (TPSA) is 56.3 Å². The molecule has 0 saturated heterocycles. The van der Waals surface area contributed by atoms with E-state index in [-0.39, 0.29) is 6.10 Å². The third kappa shape index (κ3) is 3.08. The molecule has 0 fully saturated rings. The first-order valence-corrected chi connectivity index (χ1v) is 7.93. The maximum Gasteiger partial charge on any atom is 0.216 e. The summed E-state index contributed by atoms with van der Waals surface area (Å²) in [6.45, 7) is 0. The van der Waals surface area contributed by atoms with Crippen LogP contribution in [0.3, 0.4) is 0 Å². The normalized spacial score (nSPS) is 16.7. The predicted molar refractivity (Wildman–Crippen MR) is 87.5 cm³/mol. The van der Waals surface area contributed by atoms with Crippen molar-refractivity contribution < 1.29 is 9.57 Å². The van der Waals surface area contributed by atoms with Crippen LogP contribution in [0.5, 0.6) is 5.75 Å². The second-order valence-electron chi connectivity index (χ2n) is 4.90. The number of ether oxygens (including phenoxy) is 1. The molecular weight excluding hydrogens is 310 g/mol. The van der Waals surface area contributed by atoms with Crippen LogP contribution in [0.15, 0.2) is 73.0 Å². The molecule has 2 aromatic heterocycles. The van der Waals surface area contributed by atoms with Crippen LogP contribution in [0.2, 0.25) is 0 Å². The highest BCUT2D eigenvalue weighted by molar-refractivity contribution is 7.15. The van der Waals surface area contributed by atoms with Crippen molar-refractivity contribution in [2.45, 2.75) is 6.10 Å². The van der Waals surface area contributed by atoms with E-state index in [1.807, 2.05) is 54.7 Å². The zero-order chi connectivity index (χ0) is 15.5. The summed E-state index contributed by atoms with van der Waals surface area (Å²) in [6.07, 6.45) is 6.86. The highest BCUT2D eigenvalue weighted by Crippen LogP contribution is 2.33. The van der Waals surface area contributed by atoms with Crippen molar-refractivity contribution in [2.24, 2.45) is 0 Å². The van der Waals surface area contributed by atoms with Gasteiger partial charge >= 0.3 is 0 Å². The maximum atomic E-state index is 5.67. The molecule has 6 heteroatoms. The van der Waals surface area contributed by atoms with Crippen LogP contribution in [0.4, 0.5) is 0 Å². The number of aromatic nitrogens is 2. The molecule has 0 amide bonds. The molecule has 0 saturated carbocycles. The summed E-state index contributed by atoms with van der Waals surface area (Å²) in [6, 6.07) is 13.7. The molecule has 1 atom stereocenters. The second-order valence-corrected chi connectivity index (χ2v) is 5.96. The Hall–Kier alpha value is -2.70. The van der Waals surface area contributed by atoms with Gasteiger partial charge in [-0.2, -0.15) is 0 Å². The van der Waals surface area contributed by atoms with Crippen molar-refractivity contribution in [2.75, 3.05) is 0 Å². The summed E-state index contributed by atoms with van der Waals surface area (Å²) in [7, 11) is 0. The minimum absolute atomic E-state index is 0.211. The fourth-order valence-corrected chi connectivity index (χ4v) is 3.11. The molecule has 4 rings (SSSR count). The van der Waals surface area contributed by atoms with E-state index in [1.54, 1.807) is 23.7 Å². The monoisotopic (exact) mass is 323 g/mol. The van der Waals surface area contributed by atoms with Crippen molar-refractivity contribution in [3.05, 3.63) is 77.9 Å². The van der Waals surface area contributed by atoms with E-state index in [0.717, 1.165) is 15.4 Å². The van der Waals surface area contributed by atoms with Gasteiger partial charge in [0.25, 0.3) is 0 Å². The Morgan fingerprint density at radius 3 is 2.83 bits per heavy atom. The van der Waals surface area contributed by atoms with Gasteiger partial charge in [0.15, 0.2) is 0 Å². The van der Waals surface area contributed by atoms with Crippen LogP contribution in [-0.2, 0) is 4.84 Å². The second kappa shape index (κ2) is 6.20. The third-order valence-corrected chi connectivity index (χ3v) is 4.38. The molecule has 1 unspecified atom stereocenters. The number of hydrogen-bond acceptors (Lipinski definition) is 6. The highest BCUT2D eigenvalue weighted by Gasteiger charge is 2.22. The van der Waals surface area contributed by atoms with Gasteiger partial charge < -0.3 is 4.74 Å². The van der Waals surface area contributed by atoms with E-state index >= 15 is 0 Å². The van der Waals surface area contributed by atoms with E-state index in [2.05, 4.69) is 15.4 Å². The number of hydrogen-bond donors (Lipinski definition) is 1. The Morgan fingerprint density at radius 1 is 1.09 bits per heavy atom. The summed E-state index contributed by atoms with van der Waals surface area (Å²) in [4.78, 5) is 15.1. The predicted octanol–water partition coefficient (Wildman–Crippen LogP) is 3.70. The van der Waals surface area contributed by atoms with Gasteiger partial charge in [0.05, 0.1) is 11.1 Å². The Kier molecular flexibility index (Phi) is 3.75. The standard InChI is InChI=1S/C17H13N3O2S/c1-2-5-12(6-3-1)17-19-11-15(23-17)14-9-16(20-22-14)21-13-7-4-8-18-10-13/h1-11,14,20H. The largest absolute Gasteiger partial charge is 0.438 e. The minimum Gasteiger partial charge on any atom is -0.438 e. The maximum absolute atomic E-state index is 5.67. The van der Waals surface area contributed by atoms with E-state index in [0.29, 0.717) is 11.6 Å². The van der Waals surface area contributed by atoms with E-state index in [1.165, 1.54) is 0 Å². The van der Waals surface area contributed by atoms with Gasteiger partial charge in [-0.05, 0) is 12.1 Å². The van der Waals surface area contributed by atoms with Gasteiger partial charge in [0.2, 0.25) is 5.88 Å². The van der Waals surface area contributed by atoms with Crippen molar-refractivity contribution in [1.82, 2.24) is 15.4 Å². The Balaban J connectivity index is 1.50. The molecule has 1 aliphatic rings. The van der Waals surface area contributed by atoms with Crippen LogP contribution in [0, 0.1) is 0 Å². The zero-order valence-electron chi connectivity index (χ0n) is 12.0. The average molecular weight is 323 g/mol. The van der Waals surface area contributed by atoms with Gasteiger partial charge in [-0.25, -0.2) is 10.5 Å². The lowest BCUT2D eigenvalue weighted by molar-refractivity contribution is 0.0289. The summed E-state index contributed by atoms with van der Waals surface area (Å²) in [5.74, 6) is 1.21. The number of benzene rings is 1. The minimum atomic E-state index is -0.211. The number of hydroxylamine groups is 1. The van der Waals surface area contributed by atoms with E-state index in [9.17, 15) is 0 Å². The molecule has 3 heterocycles. The number of nitrogens with one attached hydrogen (secondary N) is 1. The first-order chi connectivity index (χ1) is 11.4. The summed E-state index contributed by atoms with van der Waals surface area (Å²) >= 11 is 1.60. The third-order valence-electron chi connectivity index (χ3n) is 3.28. The molecule has 114 valence electrons. The molecule has 0 radical (unpaired) electrons. The quantitative estimate of drug-likeness (QED) is 0.793. The smallest absolute Gasteiger partial charge is 0.216 e. The van der Waals surface area contributed by atoms with Gasteiger partial charge in [0, 0.05) is 24.0 Å². The summed E-state index contributed by atoms with van der Waals surface area (Å²) in [5.41, 5.74) is 3.90. The van der Waals surface area contributed by atoms with Gasteiger partial charge in [-0.1, -0.05) is 30.3 Å². The molecule has 0 bridgehead atoms. The van der Waals surface area contributed by atoms with Crippen LogP contribution in [0.25, 0.3) is 10.6 Å². The Labute approximate surface area is 137 Å². The van der Waals surface area contributed by atoms with Crippen LogP contribution in [-0.4, -0.2) is 9.97 Å². The van der Waals surface area contributed by atoms with Crippen molar-refractivity contribution in [3.8, 4) is 16.3 Å². The first kappa shape index (κ1) is 13.9. The van der Waals surface area contributed by atoms with Gasteiger partial charge in [-0.3, -0.25) is 9.82 Å². The molecule has 5 nitrogen and oxygen atoms in total. The van der Waals surface area contributed by atoms with Crippen molar-refractivity contribution >= 4 is 11.3 Å². The fraction of sp³-hybridized carbons (Fsp3) is 0.0588. The Bertz CT molecular complexity index is 818. The molecular formula is C17H13N3O2S. The van der Waals surface area contributed by atoms with Crippen LogP contribution >= 0.6 is 11.3 Å². The zero-order valence-corrected chi connectivity index (χ0v) is 12.9. The molecule has 0 spiro atoms. The number of pyridine rings is 1. The number of nitrogens with zero attached hydrogens (tertiary/aromatic N) is 2. The molecule has 23 heavy (non-hydrogen) atoms. The molecule has 0 aliphatic carbocycles. The lowest BCUT2D eigenvalue weighted by Gasteiger charge is -2.05. The van der Waals surface area contributed by atoms with Gasteiger partial charge in [-0.15, -0.1) is 11.3 Å². The van der Waals surface area contributed by atoms with Crippen LogP contribution < -0.4 is 10.2 Å². The number of thiazole rings is 1. The SMILES string of the molecule is C1=C(Oc2cccnc2)NOC1c1cnc(-c2ccccc2)s1. The molecule has 1 aromatic carbocycles. The summed E-state index contributed by atoms with van der Waals surface area (Å²) in [5, 5.41) is 0.972. The Morgan fingerprint density at radius 2 is 2.00 bits per heavy atom. The van der Waals surface area contributed by atoms with Crippen LogP contribution in [0.1, 0.15) is 11.0 Å². The fourth-order valence-electron chi connectivity index (χ4n) is 2.19.